The van der Waals surface area contributed by atoms with E-state index in [0.29, 0.717) is 17.4 Å². The van der Waals surface area contributed by atoms with Crippen LogP contribution < -0.4 is 4.89 Å². The molecule has 12 nitrogen and oxygen atoms in total. The van der Waals surface area contributed by atoms with Crippen molar-refractivity contribution in [1.29, 1.82) is 0 Å². The number of nitrogens with zero attached hydrogens (tertiary/aromatic N) is 1. The van der Waals surface area contributed by atoms with Crippen LogP contribution in [0.4, 0.5) is 0 Å². The number of quaternary nitrogens is 1. The number of hydrogen-bond donors (Lipinski definition) is 3. The van der Waals surface area contributed by atoms with Gasteiger partial charge in [0.15, 0.2) is 6.10 Å². The summed E-state index contributed by atoms with van der Waals surface area (Å²) in [5, 5.41) is 30.0. The Bertz CT molecular complexity index is 985. The highest BCUT2D eigenvalue weighted by Gasteiger charge is 2.21. The minimum atomic E-state index is -4.66. The Morgan fingerprint density at radius 3 is 2.16 bits per heavy atom. The predicted octanol–water partition coefficient (Wildman–Crippen LogP) is 2.50. The van der Waals surface area contributed by atoms with Gasteiger partial charge in [0.1, 0.15) is 19.8 Å². The molecule has 0 saturated heterocycles. The van der Waals surface area contributed by atoms with Crippen LogP contribution in [0.5, 0.6) is 0 Å². The summed E-state index contributed by atoms with van der Waals surface area (Å²) < 4.78 is 32.0. The predicted molar refractivity (Wildman–Crippen MR) is 161 cm³/mol. The normalized spacial score (nSPS) is 17.1. The highest BCUT2D eigenvalue weighted by molar-refractivity contribution is 7.45. The second-order valence-electron chi connectivity index (χ2n) is 10.7. The van der Waals surface area contributed by atoms with Gasteiger partial charge in [-0.15, -0.1) is 0 Å². The fraction of sp³-hybridized carbons (Fsp3) is 0.600. The largest absolute Gasteiger partial charge is 0.756 e. The van der Waals surface area contributed by atoms with Gasteiger partial charge in [0.05, 0.1) is 46.1 Å². The molecule has 0 amide bonds. The average Bonchev–Trinajstić information content (AvgIpc) is 2.90. The Kier molecular flexibility index (Phi) is 21.7. The third-order valence-corrected chi connectivity index (χ3v) is 6.41. The van der Waals surface area contributed by atoms with Crippen molar-refractivity contribution in [3.63, 3.8) is 0 Å². The van der Waals surface area contributed by atoms with Gasteiger partial charge < -0.3 is 43.2 Å². The molecule has 0 aliphatic heterocycles. The van der Waals surface area contributed by atoms with Crippen LogP contribution in [-0.4, -0.2) is 104 Å². The molecule has 0 aliphatic rings. The molecule has 5 atom stereocenters. The molecule has 0 radical (unpaired) electrons. The van der Waals surface area contributed by atoms with E-state index in [2.05, 4.69) is 0 Å². The number of carbonyl (C=O) groups is 2. The highest BCUT2D eigenvalue weighted by Crippen LogP contribution is 2.38. The third kappa shape index (κ3) is 25.8. The number of likely N-dealkylation sites (N-methyl/N-ethyl adjacent to an activating group) is 1. The molecule has 0 aromatic rings. The van der Waals surface area contributed by atoms with Crippen molar-refractivity contribution in [2.24, 2.45) is 0 Å². The summed E-state index contributed by atoms with van der Waals surface area (Å²) in [6, 6.07) is 0. The lowest BCUT2D eigenvalue weighted by atomic mass is 10.1. The van der Waals surface area contributed by atoms with Crippen LogP contribution >= 0.6 is 7.82 Å². The fourth-order valence-electron chi connectivity index (χ4n) is 3.11. The summed E-state index contributed by atoms with van der Waals surface area (Å²) in [6.45, 7) is 2.45. The van der Waals surface area contributed by atoms with Crippen LogP contribution in [0.1, 0.15) is 46.0 Å². The maximum atomic E-state index is 12.1. The Morgan fingerprint density at radius 2 is 1.56 bits per heavy atom. The minimum Gasteiger partial charge on any atom is -0.756 e. The van der Waals surface area contributed by atoms with E-state index in [1.165, 1.54) is 6.08 Å². The molecule has 0 heterocycles. The lowest BCUT2D eigenvalue weighted by Crippen LogP contribution is -2.37. The lowest BCUT2D eigenvalue weighted by molar-refractivity contribution is -0.870. The van der Waals surface area contributed by atoms with Gasteiger partial charge in [0.2, 0.25) is 0 Å². The van der Waals surface area contributed by atoms with Crippen molar-refractivity contribution in [3.05, 3.63) is 60.8 Å². The van der Waals surface area contributed by atoms with Crippen molar-refractivity contribution in [1.82, 2.24) is 0 Å². The molecule has 0 bridgehead atoms. The molecule has 0 saturated carbocycles. The van der Waals surface area contributed by atoms with E-state index in [0.717, 1.165) is 13.3 Å². The number of esters is 2. The number of aliphatic hydroxyl groups is 3. The van der Waals surface area contributed by atoms with Gasteiger partial charge >= 0.3 is 11.9 Å². The van der Waals surface area contributed by atoms with Gasteiger partial charge in [-0.2, -0.15) is 0 Å². The molecular weight excluding hydrogens is 581 g/mol. The van der Waals surface area contributed by atoms with E-state index in [1.54, 1.807) is 42.5 Å². The summed E-state index contributed by atoms with van der Waals surface area (Å²) in [7, 11) is 0.948. The molecule has 0 aliphatic carbocycles. The average molecular weight is 632 g/mol. The van der Waals surface area contributed by atoms with Gasteiger partial charge in [-0.25, -0.2) is 0 Å². The van der Waals surface area contributed by atoms with Crippen LogP contribution in [0, 0.1) is 0 Å². The number of phosphoric acid groups is 1. The van der Waals surface area contributed by atoms with E-state index in [1.807, 2.05) is 40.2 Å². The molecule has 0 aromatic carbocycles. The summed E-state index contributed by atoms with van der Waals surface area (Å²) in [5.41, 5.74) is 0. The van der Waals surface area contributed by atoms with E-state index in [4.69, 9.17) is 18.5 Å². The molecule has 0 rings (SSSR count). The van der Waals surface area contributed by atoms with Gasteiger partial charge in [-0.05, 0) is 25.7 Å². The van der Waals surface area contributed by atoms with E-state index in [9.17, 15) is 34.4 Å². The maximum absolute atomic E-state index is 12.1. The smallest absolute Gasteiger partial charge is 0.305 e. The highest BCUT2D eigenvalue weighted by atomic mass is 31.2. The first kappa shape index (κ1) is 40.6. The first-order valence-corrected chi connectivity index (χ1v) is 15.7. The lowest BCUT2D eigenvalue weighted by Gasteiger charge is -2.28. The monoisotopic (exact) mass is 631 g/mol. The van der Waals surface area contributed by atoms with Crippen molar-refractivity contribution >= 4 is 19.8 Å². The van der Waals surface area contributed by atoms with Crippen molar-refractivity contribution in [3.8, 4) is 0 Å². The third-order valence-electron chi connectivity index (χ3n) is 5.44. The number of phosphoric ester groups is 1. The molecule has 13 heteroatoms. The summed E-state index contributed by atoms with van der Waals surface area (Å²) in [6.07, 6.45) is 15.0. The number of rotatable bonds is 23. The molecule has 0 fully saturated rings. The van der Waals surface area contributed by atoms with E-state index < -0.39 is 57.4 Å². The van der Waals surface area contributed by atoms with E-state index >= 15 is 0 Å². The maximum Gasteiger partial charge on any atom is 0.305 e. The molecule has 0 spiro atoms. The first-order chi connectivity index (χ1) is 20.1. The van der Waals surface area contributed by atoms with Crippen LogP contribution in [-0.2, 0) is 32.7 Å². The molecule has 3 N–H and O–H groups in total. The van der Waals surface area contributed by atoms with Crippen molar-refractivity contribution < 1.29 is 57.4 Å². The fourth-order valence-corrected chi connectivity index (χ4v) is 3.84. The van der Waals surface area contributed by atoms with E-state index in [-0.39, 0.29) is 25.9 Å². The van der Waals surface area contributed by atoms with Gasteiger partial charge in [0, 0.05) is 13.3 Å². The zero-order chi connectivity index (χ0) is 32.7. The molecular formula is C30H50NO11P. The Balaban J connectivity index is 4.42. The quantitative estimate of drug-likeness (QED) is 0.0497. The first-order valence-electron chi connectivity index (χ1n) is 14.3. The SMILES string of the molecule is CC/C=C\C[C@@H](O)/C=C/C=C/C=C\C=C/[C@H](O)[C@@H](O)CCCC(=O)OC[C@H](COP(=O)([O-])OCC[N+](C)(C)C)OC(C)=O. The van der Waals surface area contributed by atoms with Crippen LogP contribution in [0.3, 0.4) is 0 Å². The standard InChI is InChI=1S/C30H50NO11P/c1-6-7-12-16-26(33)17-13-10-8-9-11-14-18-28(34)29(35)19-15-20-30(36)39-23-27(42-25(2)32)24-41-43(37,38)40-22-21-31(3,4)5/h7-14,17-18,26-29,33-35H,6,15-16,19-24H2,1-5H3/b10-8+,11-9-,12-7-,17-13+,18-14-/t26-,27-,28+,29+/m1/s1. The summed E-state index contributed by atoms with van der Waals surface area (Å²) in [5.74, 6) is -1.37. The van der Waals surface area contributed by atoms with Crippen molar-refractivity contribution in [2.75, 3.05) is 47.5 Å². The zero-order valence-electron chi connectivity index (χ0n) is 25.9. The zero-order valence-corrected chi connectivity index (χ0v) is 26.8. The topological polar surface area (TPSA) is 172 Å². The molecule has 1 unspecified atom stereocenters. The van der Waals surface area contributed by atoms with Crippen molar-refractivity contribution in [2.45, 2.75) is 70.4 Å². The number of carbonyl (C=O) groups excluding carboxylic acids is 2. The second kappa shape index (κ2) is 23.0. The molecule has 0 aromatic heterocycles. The number of ether oxygens (including phenoxy) is 2. The number of aliphatic hydroxyl groups excluding tert-OH is 3. The molecule has 43 heavy (non-hydrogen) atoms. The van der Waals surface area contributed by atoms with Crippen LogP contribution in [0.25, 0.3) is 0 Å². The summed E-state index contributed by atoms with van der Waals surface area (Å²) >= 11 is 0. The van der Waals surface area contributed by atoms with Crippen LogP contribution in [0.2, 0.25) is 0 Å². The Labute approximate surface area is 255 Å². The Hall–Kier alpha value is -2.41. The number of allylic oxidation sites excluding steroid dienone is 7. The second-order valence-corrected chi connectivity index (χ2v) is 12.1. The molecule has 246 valence electrons. The van der Waals surface area contributed by atoms with Crippen LogP contribution in [0.15, 0.2) is 60.8 Å². The number of hydrogen-bond acceptors (Lipinski definition) is 11. The minimum absolute atomic E-state index is 0.0862. The van der Waals surface area contributed by atoms with Gasteiger partial charge in [-0.3, -0.25) is 14.2 Å². The van der Waals surface area contributed by atoms with Gasteiger partial charge in [0.25, 0.3) is 7.82 Å². The van der Waals surface area contributed by atoms with Gasteiger partial charge in [-0.1, -0.05) is 67.7 Å². The Morgan fingerprint density at radius 1 is 0.930 bits per heavy atom. The summed E-state index contributed by atoms with van der Waals surface area (Å²) in [4.78, 5) is 35.4.